The second-order valence-electron chi connectivity index (χ2n) is 19.3. The molecule has 0 heterocycles. The highest BCUT2D eigenvalue weighted by molar-refractivity contribution is 7.73. The second-order valence-corrected chi connectivity index (χ2v) is 24.3. The first-order valence-electron chi connectivity index (χ1n) is 25.9. The van der Waals surface area contributed by atoms with Gasteiger partial charge < -0.3 is 12.4 Å². The summed E-state index contributed by atoms with van der Waals surface area (Å²) in [7, 11) is -0.525. The van der Waals surface area contributed by atoms with Crippen LogP contribution in [0.25, 0.3) is 0 Å². The Balaban J connectivity index is 0. The first-order chi connectivity index (χ1) is 26.1. The summed E-state index contributed by atoms with van der Waals surface area (Å²) in [5.74, 6) is 0. The molecule has 0 spiro atoms. The Hall–Kier alpha value is 0.720. The highest BCUT2D eigenvalue weighted by Crippen LogP contribution is 2.47. The predicted molar refractivity (Wildman–Crippen MR) is 252 cm³/mol. The molecule has 0 aromatic carbocycles. The molecule has 0 amide bonds. The molecule has 2 heteroatoms. The molecule has 0 bridgehead atoms. The molecule has 328 valence electrons. The van der Waals surface area contributed by atoms with Crippen molar-refractivity contribution in [2.45, 2.75) is 309 Å². The number of rotatable bonds is 48. The quantitative estimate of drug-likeness (QED) is 0.0425. The average molecular weight is 800 g/mol. The van der Waals surface area contributed by atoms with E-state index in [9.17, 15) is 0 Å². The fourth-order valence-electron chi connectivity index (χ4n) is 8.61. The molecule has 0 nitrogen and oxygen atoms in total. The summed E-state index contributed by atoms with van der Waals surface area (Å²) >= 11 is 0. The largest absolute Gasteiger partial charge is 1.00 e. The molecular formula is C52H108ClP. The van der Waals surface area contributed by atoms with Gasteiger partial charge in [-0.2, -0.15) is 0 Å². The van der Waals surface area contributed by atoms with Crippen molar-refractivity contribution >= 4 is 7.26 Å². The van der Waals surface area contributed by atoms with Gasteiger partial charge in [-0.15, -0.1) is 0 Å². The molecular weight excluding hydrogens is 691 g/mol. The fourth-order valence-corrected chi connectivity index (χ4v) is 9.79. The van der Waals surface area contributed by atoms with E-state index in [1.807, 2.05) is 0 Å². The monoisotopic (exact) mass is 799 g/mol. The van der Waals surface area contributed by atoms with Gasteiger partial charge >= 0.3 is 0 Å². The molecule has 0 N–H and O–H groups in total. The smallest absolute Gasteiger partial charge is 0.0586 e. The predicted octanol–water partition coefficient (Wildman–Crippen LogP) is 17.3. The van der Waals surface area contributed by atoms with Crippen LogP contribution in [-0.4, -0.2) is 26.2 Å². The Morgan fingerprint density at radius 2 is 0.296 bits per heavy atom. The van der Waals surface area contributed by atoms with Gasteiger partial charge in [0.2, 0.25) is 0 Å². The molecule has 0 aliphatic heterocycles. The van der Waals surface area contributed by atoms with Gasteiger partial charge in [0.05, 0.1) is 6.16 Å². The Morgan fingerprint density at radius 1 is 0.185 bits per heavy atom. The summed E-state index contributed by atoms with van der Waals surface area (Å²) in [5.41, 5.74) is 0. The highest BCUT2D eigenvalue weighted by Gasteiger charge is 2.15. The van der Waals surface area contributed by atoms with Crippen LogP contribution >= 0.6 is 7.26 Å². The summed E-state index contributed by atoms with van der Waals surface area (Å²) in [6.07, 6.45) is 71.6. The third-order valence-electron chi connectivity index (χ3n) is 12.4. The zero-order valence-corrected chi connectivity index (χ0v) is 40.4. The van der Waals surface area contributed by atoms with Crippen molar-refractivity contribution in [3.05, 3.63) is 0 Å². The fraction of sp³-hybridized carbons (Fsp3) is 1.00. The number of unbranched alkanes of at least 4 members (excludes halogenated alkanes) is 46. The summed E-state index contributed by atoms with van der Waals surface area (Å²) < 4.78 is 0. The van der Waals surface area contributed by atoms with Crippen LogP contribution in [0.1, 0.15) is 309 Å². The van der Waals surface area contributed by atoms with Gasteiger partial charge in [-0.3, -0.25) is 0 Å². The zero-order valence-electron chi connectivity index (χ0n) is 38.8. The lowest BCUT2D eigenvalue weighted by Gasteiger charge is -2.10. The summed E-state index contributed by atoms with van der Waals surface area (Å²) in [5, 5.41) is 0. The van der Waals surface area contributed by atoms with E-state index >= 15 is 0 Å². The molecule has 54 heavy (non-hydrogen) atoms. The second kappa shape index (κ2) is 49.9. The molecule has 0 saturated heterocycles. The van der Waals surface area contributed by atoms with Crippen molar-refractivity contribution in [3.63, 3.8) is 0 Å². The molecule has 0 radical (unpaired) electrons. The maximum Gasteiger partial charge on any atom is 0.0586 e. The van der Waals surface area contributed by atoms with E-state index in [0.29, 0.717) is 0 Å². The molecule has 0 aliphatic carbocycles. The first-order valence-corrected chi connectivity index (χ1v) is 29.2. The van der Waals surface area contributed by atoms with Crippen molar-refractivity contribution in [1.82, 2.24) is 0 Å². The normalized spacial score (nSPS) is 11.8. The van der Waals surface area contributed by atoms with Crippen LogP contribution in [0.15, 0.2) is 0 Å². The van der Waals surface area contributed by atoms with Crippen molar-refractivity contribution in [2.24, 2.45) is 0 Å². The lowest BCUT2D eigenvalue weighted by molar-refractivity contribution is -0.0000120. The number of halogens is 1. The molecule has 0 aliphatic rings. The van der Waals surface area contributed by atoms with E-state index in [2.05, 4.69) is 26.9 Å². The van der Waals surface area contributed by atoms with E-state index in [-0.39, 0.29) is 12.4 Å². The summed E-state index contributed by atoms with van der Waals surface area (Å²) in [6.45, 7) is 9.77. The zero-order chi connectivity index (χ0) is 38.4. The van der Waals surface area contributed by atoms with Crippen LogP contribution < -0.4 is 12.4 Å². The molecule has 0 aromatic heterocycles. The SMILES string of the molecule is CCCCCCCCCCCCCCCCCCCCCCCCCCCCCCCCCCCCCCCCCCCCCCCCC[P+](C)(C)C.[Cl-]. The number of hydrogen-bond acceptors (Lipinski definition) is 0. The molecule has 0 aromatic rings. The van der Waals surface area contributed by atoms with Crippen molar-refractivity contribution in [1.29, 1.82) is 0 Å². The first kappa shape index (κ1) is 56.8. The van der Waals surface area contributed by atoms with E-state index in [4.69, 9.17) is 0 Å². The van der Waals surface area contributed by atoms with E-state index in [1.165, 1.54) is 308 Å². The van der Waals surface area contributed by atoms with Gasteiger partial charge in [-0.1, -0.05) is 296 Å². The van der Waals surface area contributed by atoms with Crippen LogP contribution in [0.5, 0.6) is 0 Å². The van der Waals surface area contributed by atoms with Gasteiger partial charge in [0.15, 0.2) is 0 Å². The van der Waals surface area contributed by atoms with E-state index in [0.717, 1.165) is 0 Å². The van der Waals surface area contributed by atoms with Gasteiger partial charge in [-0.25, -0.2) is 0 Å². The number of hydrogen-bond donors (Lipinski definition) is 0. The molecule has 0 unspecified atom stereocenters. The van der Waals surface area contributed by atoms with Gasteiger partial charge in [0.1, 0.15) is 0 Å². The molecule has 0 fully saturated rings. The topological polar surface area (TPSA) is 0 Å². The van der Waals surface area contributed by atoms with Crippen LogP contribution in [-0.2, 0) is 0 Å². The van der Waals surface area contributed by atoms with Crippen molar-refractivity contribution < 1.29 is 12.4 Å². The summed E-state index contributed by atoms with van der Waals surface area (Å²) in [4.78, 5) is 0. The molecule has 0 atom stereocenters. The Morgan fingerprint density at radius 3 is 0.407 bits per heavy atom. The van der Waals surface area contributed by atoms with Crippen molar-refractivity contribution in [2.75, 3.05) is 26.2 Å². The Bertz CT molecular complexity index is 626. The third-order valence-corrected chi connectivity index (χ3v) is 14.1. The minimum atomic E-state index is -0.525. The van der Waals surface area contributed by atoms with Crippen LogP contribution in [0, 0.1) is 0 Å². The van der Waals surface area contributed by atoms with E-state index in [1.54, 1.807) is 0 Å². The average Bonchev–Trinajstić information content (AvgIpc) is 3.14. The minimum Gasteiger partial charge on any atom is -1.00 e. The van der Waals surface area contributed by atoms with Crippen molar-refractivity contribution in [3.8, 4) is 0 Å². The lowest BCUT2D eigenvalue weighted by atomic mass is 10.0. The summed E-state index contributed by atoms with van der Waals surface area (Å²) in [6, 6.07) is 0. The molecule has 0 rings (SSSR count). The third kappa shape index (κ3) is 54.8. The standard InChI is InChI=1S/C52H108P.ClH/c1-5-6-7-8-9-10-11-12-13-14-15-16-17-18-19-20-21-22-23-24-25-26-27-28-29-30-31-32-33-34-35-36-37-38-39-40-41-42-43-44-45-46-47-48-49-50-51-52-53(2,3)4;/h5-52H2,1-4H3;1H/q+1;/p-1. The maximum absolute atomic E-state index is 2.49. The van der Waals surface area contributed by atoms with Crippen LogP contribution in [0.4, 0.5) is 0 Å². The maximum atomic E-state index is 2.49. The van der Waals surface area contributed by atoms with Crippen LogP contribution in [0.2, 0.25) is 0 Å². The lowest BCUT2D eigenvalue weighted by Crippen LogP contribution is -3.00. The van der Waals surface area contributed by atoms with E-state index < -0.39 is 7.26 Å². The van der Waals surface area contributed by atoms with Gasteiger partial charge in [-0.05, 0) is 12.8 Å². The Labute approximate surface area is 353 Å². The highest BCUT2D eigenvalue weighted by atomic mass is 35.5. The van der Waals surface area contributed by atoms with Crippen LogP contribution in [0.3, 0.4) is 0 Å². The van der Waals surface area contributed by atoms with Gasteiger partial charge in [0.25, 0.3) is 0 Å². The minimum absolute atomic E-state index is 0. The molecule has 0 saturated carbocycles. The van der Waals surface area contributed by atoms with Gasteiger partial charge in [0, 0.05) is 27.3 Å². The Kier molecular flexibility index (Phi) is 52.5.